The fraction of sp³-hybridized carbons (Fsp3) is 0.440. The van der Waals surface area contributed by atoms with Crippen LogP contribution in [0.2, 0.25) is 0 Å². The summed E-state index contributed by atoms with van der Waals surface area (Å²) in [6.07, 6.45) is 4.02. The number of benzene rings is 1. The fourth-order valence-electron chi connectivity index (χ4n) is 4.99. The quantitative estimate of drug-likeness (QED) is 0.377. The van der Waals surface area contributed by atoms with Gasteiger partial charge in [0.05, 0.1) is 19.3 Å². The third-order valence-electron chi connectivity index (χ3n) is 6.68. The van der Waals surface area contributed by atoms with E-state index in [2.05, 4.69) is 9.88 Å². The summed E-state index contributed by atoms with van der Waals surface area (Å²) in [5.74, 6) is -1.88. The van der Waals surface area contributed by atoms with Gasteiger partial charge in [-0.1, -0.05) is 0 Å². The summed E-state index contributed by atoms with van der Waals surface area (Å²) in [5.41, 5.74) is 2.13. The Bertz CT molecular complexity index is 1070. The van der Waals surface area contributed by atoms with Crippen molar-refractivity contribution in [1.82, 2.24) is 14.8 Å². The molecule has 0 radical (unpaired) electrons. The zero-order valence-electron chi connectivity index (χ0n) is 18.6. The molecule has 4 heterocycles. The minimum absolute atomic E-state index is 0.0558. The lowest BCUT2D eigenvalue weighted by Crippen LogP contribution is -2.42. The van der Waals surface area contributed by atoms with Crippen molar-refractivity contribution in [3.63, 3.8) is 0 Å². The summed E-state index contributed by atoms with van der Waals surface area (Å²) in [4.78, 5) is 47.7. The van der Waals surface area contributed by atoms with Crippen molar-refractivity contribution in [1.29, 1.82) is 0 Å². The number of rotatable bonds is 6. The molecule has 5 rings (SSSR count). The smallest absolute Gasteiger partial charge is 0.291 e. The third kappa shape index (κ3) is 4.16. The Labute approximate surface area is 192 Å². The van der Waals surface area contributed by atoms with Crippen LogP contribution in [0, 0.1) is 5.92 Å². The second-order valence-corrected chi connectivity index (χ2v) is 8.84. The van der Waals surface area contributed by atoms with Crippen LogP contribution in [0.4, 0.5) is 0 Å². The average Bonchev–Trinajstić information content (AvgIpc) is 3.34. The molecular formula is C25H27N3O5. The first-order valence-electron chi connectivity index (χ1n) is 11.4. The molecule has 0 N–H and O–H groups in total. The Hall–Kier alpha value is -3.10. The molecule has 0 spiro atoms. The van der Waals surface area contributed by atoms with Crippen molar-refractivity contribution < 1.29 is 23.9 Å². The van der Waals surface area contributed by atoms with Gasteiger partial charge in [-0.15, -0.1) is 0 Å². The molecule has 2 saturated heterocycles. The van der Waals surface area contributed by atoms with Gasteiger partial charge in [-0.2, -0.15) is 0 Å². The minimum Gasteiger partial charge on any atom is -0.490 e. The molecule has 0 saturated carbocycles. The van der Waals surface area contributed by atoms with Crippen LogP contribution in [0.15, 0.2) is 42.7 Å². The third-order valence-corrected chi connectivity index (χ3v) is 6.68. The summed E-state index contributed by atoms with van der Waals surface area (Å²) >= 11 is 0. The highest BCUT2D eigenvalue weighted by atomic mass is 16.5. The number of amides is 1. The lowest BCUT2D eigenvalue weighted by atomic mass is 9.86. The van der Waals surface area contributed by atoms with Crippen LogP contribution in [0.1, 0.15) is 34.5 Å². The van der Waals surface area contributed by atoms with Gasteiger partial charge in [-0.05, 0) is 48.4 Å². The Kier molecular flexibility index (Phi) is 5.95. The molecule has 8 nitrogen and oxygen atoms in total. The molecular weight excluding hydrogens is 422 g/mol. The van der Waals surface area contributed by atoms with E-state index >= 15 is 0 Å². The van der Waals surface area contributed by atoms with Crippen LogP contribution < -0.4 is 4.74 Å². The van der Waals surface area contributed by atoms with E-state index in [4.69, 9.17) is 9.47 Å². The van der Waals surface area contributed by atoms with Gasteiger partial charge in [0, 0.05) is 50.6 Å². The SMILES string of the molecule is CC1Cc2cc(C(=O)C3C(=O)C(=O)N(CCN4CCOCC4)C3c3ccncc3)ccc2O1. The molecule has 3 aliphatic rings. The summed E-state index contributed by atoms with van der Waals surface area (Å²) in [7, 11) is 0. The summed E-state index contributed by atoms with van der Waals surface area (Å²) in [6.45, 7) is 5.86. The zero-order valence-corrected chi connectivity index (χ0v) is 18.6. The number of nitrogens with zero attached hydrogens (tertiary/aromatic N) is 3. The molecule has 0 aliphatic carbocycles. The highest BCUT2D eigenvalue weighted by molar-refractivity contribution is 6.44. The zero-order chi connectivity index (χ0) is 22.9. The molecule has 33 heavy (non-hydrogen) atoms. The van der Waals surface area contributed by atoms with Gasteiger partial charge >= 0.3 is 0 Å². The molecule has 3 atom stereocenters. The maximum absolute atomic E-state index is 13.6. The molecule has 172 valence electrons. The van der Waals surface area contributed by atoms with Gasteiger partial charge in [0.2, 0.25) is 5.78 Å². The maximum atomic E-state index is 13.6. The van der Waals surface area contributed by atoms with Gasteiger partial charge in [0.1, 0.15) is 17.8 Å². The highest BCUT2D eigenvalue weighted by Gasteiger charge is 2.51. The van der Waals surface area contributed by atoms with Gasteiger partial charge < -0.3 is 14.4 Å². The number of pyridine rings is 1. The summed E-state index contributed by atoms with van der Waals surface area (Å²) in [5, 5.41) is 0. The number of carbonyl (C=O) groups is 3. The number of Topliss-reactive ketones (excluding diaryl/α,β-unsaturated/α-hetero) is 2. The van der Waals surface area contributed by atoms with Crippen molar-refractivity contribution in [3.8, 4) is 5.75 Å². The van der Waals surface area contributed by atoms with Crippen LogP contribution in [-0.2, 0) is 20.7 Å². The highest BCUT2D eigenvalue weighted by Crippen LogP contribution is 2.39. The number of ether oxygens (including phenoxy) is 2. The molecule has 3 aliphatic heterocycles. The molecule has 2 fully saturated rings. The Morgan fingerprint density at radius 3 is 2.61 bits per heavy atom. The lowest BCUT2D eigenvalue weighted by molar-refractivity contribution is -0.141. The number of morpholine rings is 1. The first-order valence-corrected chi connectivity index (χ1v) is 11.4. The first kappa shape index (κ1) is 21.7. The lowest BCUT2D eigenvalue weighted by Gasteiger charge is -2.31. The van der Waals surface area contributed by atoms with E-state index in [9.17, 15) is 14.4 Å². The van der Waals surface area contributed by atoms with Crippen molar-refractivity contribution in [2.45, 2.75) is 25.5 Å². The molecule has 1 amide bonds. The number of aromatic nitrogens is 1. The number of likely N-dealkylation sites (tertiary alicyclic amines) is 1. The second kappa shape index (κ2) is 9.03. The van der Waals surface area contributed by atoms with Crippen LogP contribution in [-0.4, -0.2) is 77.8 Å². The Balaban J connectivity index is 1.45. The van der Waals surface area contributed by atoms with E-state index in [0.29, 0.717) is 38.3 Å². The van der Waals surface area contributed by atoms with Gasteiger partial charge in [0.15, 0.2) is 5.78 Å². The van der Waals surface area contributed by atoms with Crippen LogP contribution in [0.5, 0.6) is 5.75 Å². The molecule has 2 aromatic rings. The largest absolute Gasteiger partial charge is 0.490 e. The predicted molar refractivity (Wildman–Crippen MR) is 119 cm³/mol. The number of hydrogen-bond acceptors (Lipinski definition) is 7. The average molecular weight is 450 g/mol. The van der Waals surface area contributed by atoms with E-state index in [-0.39, 0.29) is 11.9 Å². The molecule has 3 unspecified atom stereocenters. The number of hydrogen-bond donors (Lipinski definition) is 0. The maximum Gasteiger partial charge on any atom is 0.291 e. The molecule has 1 aromatic heterocycles. The van der Waals surface area contributed by atoms with Gasteiger partial charge in [-0.3, -0.25) is 24.3 Å². The van der Waals surface area contributed by atoms with Crippen LogP contribution in [0.3, 0.4) is 0 Å². The topological polar surface area (TPSA) is 89.0 Å². The normalized spacial score (nSPS) is 25.2. The number of carbonyl (C=O) groups excluding carboxylic acids is 3. The molecule has 1 aromatic carbocycles. The molecule has 0 bridgehead atoms. The predicted octanol–water partition coefficient (Wildman–Crippen LogP) is 1.69. The Morgan fingerprint density at radius 2 is 1.85 bits per heavy atom. The number of fused-ring (bicyclic) bond motifs is 1. The fourth-order valence-corrected chi connectivity index (χ4v) is 4.99. The van der Waals surface area contributed by atoms with Crippen molar-refractivity contribution in [2.24, 2.45) is 5.92 Å². The van der Waals surface area contributed by atoms with Gasteiger partial charge in [0.25, 0.3) is 5.91 Å². The summed E-state index contributed by atoms with van der Waals surface area (Å²) < 4.78 is 11.1. The standard InChI is InChI=1S/C25H27N3O5/c1-16-14-19-15-18(2-3-20(19)33-16)23(29)21-22(17-4-6-26-7-5-17)28(25(31)24(21)30)9-8-27-10-12-32-13-11-27/h2-7,15-16,21-22H,8-14H2,1H3. The van der Waals surface area contributed by atoms with E-state index in [1.165, 1.54) is 0 Å². The van der Waals surface area contributed by atoms with Crippen LogP contribution in [0.25, 0.3) is 0 Å². The van der Waals surface area contributed by atoms with E-state index < -0.39 is 23.7 Å². The van der Waals surface area contributed by atoms with Crippen molar-refractivity contribution in [3.05, 3.63) is 59.4 Å². The monoisotopic (exact) mass is 449 g/mol. The van der Waals surface area contributed by atoms with Crippen molar-refractivity contribution in [2.75, 3.05) is 39.4 Å². The Morgan fingerprint density at radius 1 is 1.09 bits per heavy atom. The number of ketones is 2. The second-order valence-electron chi connectivity index (χ2n) is 8.84. The van der Waals surface area contributed by atoms with E-state index in [0.717, 1.165) is 30.0 Å². The van der Waals surface area contributed by atoms with Gasteiger partial charge in [-0.25, -0.2) is 0 Å². The van der Waals surface area contributed by atoms with Crippen LogP contribution >= 0.6 is 0 Å². The van der Waals surface area contributed by atoms with E-state index in [1.54, 1.807) is 47.6 Å². The summed E-state index contributed by atoms with van der Waals surface area (Å²) in [6, 6.07) is 8.18. The minimum atomic E-state index is -1.08. The molecule has 8 heteroatoms. The van der Waals surface area contributed by atoms with Crippen molar-refractivity contribution >= 4 is 17.5 Å². The van der Waals surface area contributed by atoms with E-state index in [1.807, 2.05) is 6.92 Å². The first-order chi connectivity index (χ1) is 16.0.